The third kappa shape index (κ3) is 21.4. The lowest BCUT2D eigenvalue weighted by molar-refractivity contribution is 0.310. The second-order valence-electron chi connectivity index (χ2n) is 10.4. The Morgan fingerprint density at radius 3 is 1.58 bits per heavy atom. The molecule has 0 aliphatic heterocycles. The summed E-state index contributed by atoms with van der Waals surface area (Å²) in [7, 11) is -7.13. The second kappa shape index (κ2) is 18.4. The van der Waals surface area contributed by atoms with Gasteiger partial charge in [-0.3, -0.25) is 0 Å². The van der Waals surface area contributed by atoms with Crippen LogP contribution in [-0.4, -0.2) is 55.9 Å². The normalized spacial score (nSPS) is 15.6. The molecule has 0 bridgehead atoms. The van der Waals surface area contributed by atoms with Gasteiger partial charge >= 0.3 is 17.1 Å². The highest BCUT2D eigenvalue weighted by Crippen LogP contribution is 2.26. The zero-order valence-electron chi connectivity index (χ0n) is 22.1. The molecule has 0 radical (unpaired) electrons. The molecule has 11 heteroatoms. The lowest BCUT2D eigenvalue weighted by Crippen LogP contribution is -2.54. The van der Waals surface area contributed by atoms with Gasteiger partial charge in [-0.2, -0.15) is 0 Å². The predicted molar refractivity (Wildman–Crippen MR) is 151 cm³/mol. The van der Waals surface area contributed by atoms with Crippen LogP contribution in [0, 0.1) is 0 Å². The molecule has 5 nitrogen and oxygen atoms in total. The fourth-order valence-electron chi connectivity index (χ4n) is 4.00. The molecule has 0 fully saturated rings. The van der Waals surface area contributed by atoms with Crippen LogP contribution in [0.4, 0.5) is 0 Å². The van der Waals surface area contributed by atoms with Crippen LogP contribution in [0.15, 0.2) is 0 Å². The van der Waals surface area contributed by atoms with E-state index in [4.69, 9.17) is 20.6 Å². The molecule has 0 aromatic heterocycles. The Hall–Kier alpha value is 1.10. The van der Waals surface area contributed by atoms with E-state index in [1.165, 1.54) is 77.0 Å². The van der Waals surface area contributed by atoms with Gasteiger partial charge in [-0.15, -0.1) is 0 Å². The first-order chi connectivity index (χ1) is 14.5. The van der Waals surface area contributed by atoms with Crippen molar-refractivity contribution in [3.05, 3.63) is 0 Å². The summed E-state index contributed by atoms with van der Waals surface area (Å²) in [6, 6.07) is 1.05. The van der Waals surface area contributed by atoms with Crippen LogP contribution in [0.5, 0.6) is 0 Å². The van der Waals surface area contributed by atoms with Crippen LogP contribution in [0.1, 0.15) is 84.0 Å². The Morgan fingerprint density at radius 1 is 0.645 bits per heavy atom. The van der Waals surface area contributed by atoms with Crippen LogP contribution in [0.25, 0.3) is 0 Å². The summed E-state index contributed by atoms with van der Waals surface area (Å²) < 4.78 is 30.5. The van der Waals surface area contributed by atoms with Gasteiger partial charge in [-0.05, 0) is 45.3 Å². The highest BCUT2D eigenvalue weighted by atomic mass is 28.5. The lowest BCUT2D eigenvalue weighted by atomic mass is 10.1. The standard InChI is InChI=1S/C20H54O5Si6/c1-8-9-10-11-12-13-14-15-16-17-18-19-20-31(7,23-28-22-27-21-26)25-30(5,6)24-29(2,3)4/h8-20,27-28H2,1-7,26H3. The summed E-state index contributed by atoms with van der Waals surface area (Å²) in [4.78, 5) is 0. The zero-order valence-corrected chi connectivity index (χ0v) is 30.0. The first kappa shape index (κ1) is 32.1. The predicted octanol–water partition coefficient (Wildman–Crippen LogP) is 4.66. The summed E-state index contributed by atoms with van der Waals surface area (Å²) in [6.45, 7) is 15.6. The maximum absolute atomic E-state index is 6.69. The quantitative estimate of drug-likeness (QED) is 0.147. The average molecular weight is 543 g/mol. The second-order valence-corrected chi connectivity index (χ2v) is 27.4. The monoisotopic (exact) mass is 542 g/mol. The summed E-state index contributed by atoms with van der Waals surface area (Å²) >= 11 is 0. The maximum atomic E-state index is 6.69. The molecule has 0 aliphatic carbocycles. The van der Waals surface area contributed by atoms with E-state index >= 15 is 0 Å². The fourth-order valence-corrected chi connectivity index (χ4v) is 21.8. The van der Waals surface area contributed by atoms with Crippen molar-refractivity contribution in [2.45, 2.75) is 129 Å². The van der Waals surface area contributed by atoms with E-state index in [1.54, 1.807) is 0 Å². The third-order valence-corrected chi connectivity index (χ3v) is 19.7. The van der Waals surface area contributed by atoms with Gasteiger partial charge < -0.3 is 20.6 Å². The Bertz CT molecular complexity index is 425. The Labute approximate surface area is 205 Å². The van der Waals surface area contributed by atoms with E-state index in [1.807, 2.05) is 0 Å². The van der Waals surface area contributed by atoms with Crippen molar-refractivity contribution >= 4 is 55.9 Å². The molecule has 1 unspecified atom stereocenters. The molecule has 0 saturated heterocycles. The summed E-state index contributed by atoms with van der Waals surface area (Å²) in [5.41, 5.74) is 0. The molecular weight excluding hydrogens is 489 g/mol. The van der Waals surface area contributed by atoms with E-state index in [0.717, 1.165) is 16.5 Å². The minimum atomic E-state index is -2.26. The molecule has 0 aliphatic rings. The zero-order chi connectivity index (χ0) is 23.6. The average Bonchev–Trinajstić information content (AvgIpc) is 2.64. The smallest absolute Gasteiger partial charge is 0.316 e. The molecule has 0 amide bonds. The van der Waals surface area contributed by atoms with Crippen molar-refractivity contribution in [3.63, 3.8) is 0 Å². The molecule has 0 heterocycles. The van der Waals surface area contributed by atoms with Gasteiger partial charge in [0.25, 0.3) is 20.0 Å². The van der Waals surface area contributed by atoms with Gasteiger partial charge in [0.1, 0.15) is 10.5 Å². The topological polar surface area (TPSA) is 46.2 Å². The van der Waals surface area contributed by atoms with Crippen molar-refractivity contribution in [2.24, 2.45) is 0 Å². The van der Waals surface area contributed by atoms with Crippen LogP contribution in [0.2, 0.25) is 45.3 Å². The van der Waals surface area contributed by atoms with Gasteiger partial charge in [0.2, 0.25) is 0 Å². The van der Waals surface area contributed by atoms with Gasteiger partial charge in [-0.25, -0.2) is 0 Å². The number of hydrogen-bond acceptors (Lipinski definition) is 5. The first-order valence-corrected chi connectivity index (χ1v) is 24.5. The number of unbranched alkanes of at least 4 members (excludes halogenated alkanes) is 11. The van der Waals surface area contributed by atoms with Crippen LogP contribution < -0.4 is 0 Å². The number of rotatable bonds is 22. The van der Waals surface area contributed by atoms with Crippen molar-refractivity contribution in [3.8, 4) is 0 Å². The Morgan fingerprint density at radius 2 is 1.13 bits per heavy atom. The highest BCUT2D eigenvalue weighted by Gasteiger charge is 2.41. The molecule has 1 atom stereocenters. The molecule has 188 valence electrons. The van der Waals surface area contributed by atoms with Gasteiger partial charge in [0, 0.05) is 0 Å². The van der Waals surface area contributed by atoms with Crippen molar-refractivity contribution in [1.82, 2.24) is 0 Å². The Kier molecular flexibility index (Phi) is 19.1. The van der Waals surface area contributed by atoms with Gasteiger partial charge in [-0.1, -0.05) is 84.0 Å². The third-order valence-electron chi connectivity index (χ3n) is 5.15. The molecular formula is C20H54O5Si6. The summed E-state index contributed by atoms with van der Waals surface area (Å²) in [5.74, 6) is 0. The Balaban J connectivity index is 4.22. The molecule has 0 N–H and O–H groups in total. The van der Waals surface area contributed by atoms with Crippen LogP contribution in [-0.2, 0) is 20.6 Å². The van der Waals surface area contributed by atoms with E-state index in [2.05, 4.69) is 46.2 Å². The molecule has 31 heavy (non-hydrogen) atoms. The number of hydrogen-bond donors (Lipinski definition) is 0. The van der Waals surface area contributed by atoms with Crippen LogP contribution in [0.3, 0.4) is 0 Å². The van der Waals surface area contributed by atoms with E-state index in [-0.39, 0.29) is 0 Å². The maximum Gasteiger partial charge on any atom is 0.316 e. The summed E-state index contributed by atoms with van der Waals surface area (Å²) in [5, 5.41) is 0. The minimum absolute atomic E-state index is 0.761. The van der Waals surface area contributed by atoms with Gasteiger partial charge in [0.15, 0.2) is 8.32 Å². The minimum Gasteiger partial charge on any atom is -0.449 e. The van der Waals surface area contributed by atoms with Gasteiger partial charge in [0.05, 0.1) is 0 Å². The molecule has 0 aromatic carbocycles. The molecule has 0 rings (SSSR count). The largest absolute Gasteiger partial charge is 0.449 e. The van der Waals surface area contributed by atoms with E-state index in [0.29, 0.717) is 0 Å². The SMILES string of the molecule is CCCCCCCCCCCCCC[Si](C)(O[SiH2]O[SiH2]O[SiH3])O[Si](C)(C)O[Si](C)(C)C. The van der Waals surface area contributed by atoms with E-state index < -0.39 is 45.5 Å². The fraction of sp³-hybridized carbons (Fsp3) is 1.00. The van der Waals surface area contributed by atoms with Crippen molar-refractivity contribution < 1.29 is 20.6 Å². The first-order valence-electron chi connectivity index (χ1n) is 12.6. The van der Waals surface area contributed by atoms with E-state index in [9.17, 15) is 0 Å². The molecule has 0 aromatic rings. The molecule has 0 saturated carbocycles. The highest BCUT2D eigenvalue weighted by molar-refractivity contribution is 6.87. The lowest BCUT2D eigenvalue weighted by Gasteiger charge is -2.38. The molecule has 0 spiro atoms. The van der Waals surface area contributed by atoms with Crippen molar-refractivity contribution in [2.75, 3.05) is 0 Å². The summed E-state index contributed by atoms with van der Waals surface area (Å²) in [6.07, 6.45) is 16.4. The van der Waals surface area contributed by atoms with Crippen LogP contribution >= 0.6 is 0 Å². The van der Waals surface area contributed by atoms with Crippen molar-refractivity contribution in [1.29, 1.82) is 0 Å².